The van der Waals surface area contributed by atoms with Crippen molar-refractivity contribution in [2.75, 3.05) is 6.61 Å². The molecule has 28 heavy (non-hydrogen) atoms. The van der Waals surface area contributed by atoms with Crippen LogP contribution in [0.5, 0.6) is 0 Å². The Morgan fingerprint density at radius 2 is 2.00 bits per heavy atom. The topological polar surface area (TPSA) is 69.9 Å². The Labute approximate surface area is 166 Å². The molecule has 0 saturated carbocycles. The third kappa shape index (κ3) is 3.46. The summed E-state index contributed by atoms with van der Waals surface area (Å²) < 4.78 is 7.00. The molecule has 0 amide bonds. The number of hydrogen-bond donors (Lipinski definition) is 0. The van der Waals surface area contributed by atoms with E-state index in [1.165, 1.54) is 6.33 Å². The number of rotatable bonds is 5. The normalized spacial score (nSPS) is 10.9. The Hall–Kier alpha value is -3.25. The van der Waals surface area contributed by atoms with Gasteiger partial charge in [0.2, 0.25) is 0 Å². The van der Waals surface area contributed by atoms with E-state index >= 15 is 0 Å². The van der Waals surface area contributed by atoms with Gasteiger partial charge in [0.25, 0.3) is 0 Å². The van der Waals surface area contributed by atoms with Crippen LogP contribution in [-0.4, -0.2) is 32.3 Å². The predicted octanol–water partition coefficient (Wildman–Crippen LogP) is 4.37. The second-order valence-corrected chi connectivity index (χ2v) is 6.59. The van der Waals surface area contributed by atoms with Gasteiger partial charge in [0, 0.05) is 16.0 Å². The number of fused-ring (bicyclic) bond motifs is 1. The van der Waals surface area contributed by atoms with Crippen LogP contribution >= 0.6 is 11.6 Å². The van der Waals surface area contributed by atoms with Crippen LogP contribution in [0.1, 0.15) is 23.0 Å². The van der Waals surface area contributed by atoms with Gasteiger partial charge in [-0.1, -0.05) is 41.9 Å². The fraction of sp³-hybridized carbons (Fsp3) is 0.143. The summed E-state index contributed by atoms with van der Waals surface area (Å²) in [5.74, 6) is -0.425. The van der Waals surface area contributed by atoms with Gasteiger partial charge in [-0.3, -0.25) is 0 Å². The first kappa shape index (κ1) is 18.1. The van der Waals surface area contributed by atoms with E-state index in [4.69, 9.17) is 21.3 Å². The molecule has 0 aliphatic heterocycles. The van der Waals surface area contributed by atoms with Crippen LogP contribution in [0.4, 0.5) is 0 Å². The molecule has 4 aromatic rings. The van der Waals surface area contributed by atoms with E-state index in [1.807, 2.05) is 42.5 Å². The van der Waals surface area contributed by atoms with E-state index in [9.17, 15) is 4.79 Å². The van der Waals surface area contributed by atoms with E-state index in [2.05, 4.69) is 10.1 Å². The van der Waals surface area contributed by atoms with Crippen molar-refractivity contribution in [2.45, 2.75) is 13.5 Å². The van der Waals surface area contributed by atoms with Gasteiger partial charge in [-0.15, -0.1) is 0 Å². The molecule has 0 atom stereocenters. The first-order chi connectivity index (χ1) is 13.7. The van der Waals surface area contributed by atoms with Crippen LogP contribution in [0, 0.1) is 0 Å². The summed E-state index contributed by atoms with van der Waals surface area (Å²) in [4.78, 5) is 21.7. The number of carbonyl (C=O) groups is 1. The van der Waals surface area contributed by atoms with Crippen LogP contribution in [-0.2, 0) is 11.3 Å². The van der Waals surface area contributed by atoms with Gasteiger partial charge >= 0.3 is 5.97 Å². The van der Waals surface area contributed by atoms with E-state index in [1.54, 1.807) is 24.0 Å². The minimum atomic E-state index is -0.425. The SMILES string of the molecule is CCOC(=O)c1c(Cn2cncn2)nc2ccc(Cl)cc2c1-c1ccccc1. The number of ether oxygens (including phenoxy) is 1. The summed E-state index contributed by atoms with van der Waals surface area (Å²) in [6.45, 7) is 2.35. The summed E-state index contributed by atoms with van der Waals surface area (Å²) in [6, 6.07) is 15.2. The molecule has 7 heteroatoms. The maximum Gasteiger partial charge on any atom is 0.340 e. The third-order valence-corrected chi connectivity index (χ3v) is 4.58. The average Bonchev–Trinajstić information content (AvgIpc) is 3.21. The molecule has 2 aromatic heterocycles. The molecule has 2 aromatic carbocycles. The Bertz CT molecular complexity index is 1130. The molecule has 2 heterocycles. The molecule has 0 N–H and O–H groups in total. The van der Waals surface area contributed by atoms with Gasteiger partial charge in [-0.2, -0.15) is 5.10 Å². The first-order valence-electron chi connectivity index (χ1n) is 8.84. The number of nitrogens with zero attached hydrogens (tertiary/aromatic N) is 4. The van der Waals surface area contributed by atoms with Crippen molar-refractivity contribution in [1.82, 2.24) is 19.7 Å². The number of esters is 1. The van der Waals surface area contributed by atoms with E-state index in [0.717, 1.165) is 22.0 Å². The highest BCUT2D eigenvalue weighted by molar-refractivity contribution is 6.31. The molecule has 4 rings (SSSR count). The molecule has 0 aliphatic rings. The Balaban J connectivity index is 2.06. The van der Waals surface area contributed by atoms with Crippen molar-refractivity contribution in [3.63, 3.8) is 0 Å². The van der Waals surface area contributed by atoms with Crippen LogP contribution < -0.4 is 0 Å². The van der Waals surface area contributed by atoms with Crippen molar-refractivity contribution in [1.29, 1.82) is 0 Å². The summed E-state index contributed by atoms with van der Waals surface area (Å²) >= 11 is 6.26. The summed E-state index contributed by atoms with van der Waals surface area (Å²) in [5.41, 5.74) is 3.36. The smallest absolute Gasteiger partial charge is 0.340 e. The lowest BCUT2D eigenvalue weighted by atomic mass is 9.94. The zero-order chi connectivity index (χ0) is 19.5. The highest BCUT2D eigenvalue weighted by atomic mass is 35.5. The fourth-order valence-electron chi connectivity index (χ4n) is 3.20. The van der Waals surface area contributed by atoms with Crippen LogP contribution in [0.15, 0.2) is 61.2 Å². The highest BCUT2D eigenvalue weighted by Crippen LogP contribution is 2.35. The van der Waals surface area contributed by atoms with E-state index in [0.29, 0.717) is 22.8 Å². The number of aromatic nitrogens is 4. The zero-order valence-electron chi connectivity index (χ0n) is 15.2. The fourth-order valence-corrected chi connectivity index (χ4v) is 3.37. The summed E-state index contributed by atoms with van der Waals surface area (Å²) in [5, 5.41) is 5.52. The number of hydrogen-bond acceptors (Lipinski definition) is 5. The second-order valence-electron chi connectivity index (χ2n) is 6.15. The maximum atomic E-state index is 13.0. The summed E-state index contributed by atoms with van der Waals surface area (Å²) in [6.07, 6.45) is 3.04. The van der Waals surface area contributed by atoms with Crippen LogP contribution in [0.25, 0.3) is 22.0 Å². The number of pyridine rings is 1. The molecule has 6 nitrogen and oxygen atoms in total. The van der Waals surface area contributed by atoms with Crippen LogP contribution in [0.2, 0.25) is 5.02 Å². The van der Waals surface area contributed by atoms with Crippen molar-refractivity contribution < 1.29 is 9.53 Å². The minimum absolute atomic E-state index is 0.267. The lowest BCUT2D eigenvalue weighted by Crippen LogP contribution is -2.15. The van der Waals surface area contributed by atoms with Gasteiger partial charge in [-0.25, -0.2) is 19.4 Å². The molecule has 140 valence electrons. The molecule has 0 saturated heterocycles. The molecule has 0 unspecified atom stereocenters. The summed E-state index contributed by atoms with van der Waals surface area (Å²) in [7, 11) is 0. The monoisotopic (exact) mass is 392 g/mol. The molecule has 0 bridgehead atoms. The highest BCUT2D eigenvalue weighted by Gasteiger charge is 2.24. The van der Waals surface area contributed by atoms with Gasteiger partial charge in [0.1, 0.15) is 12.7 Å². The molecular weight excluding hydrogens is 376 g/mol. The predicted molar refractivity (Wildman–Crippen MR) is 107 cm³/mol. The van der Waals surface area contributed by atoms with Crippen molar-refractivity contribution >= 4 is 28.5 Å². The Kier molecular flexibility index (Phi) is 5.04. The van der Waals surface area contributed by atoms with Gasteiger partial charge in [0.15, 0.2) is 0 Å². The van der Waals surface area contributed by atoms with E-state index < -0.39 is 5.97 Å². The van der Waals surface area contributed by atoms with Gasteiger partial charge in [-0.05, 0) is 30.7 Å². The van der Waals surface area contributed by atoms with Gasteiger partial charge in [0.05, 0.1) is 29.9 Å². The van der Waals surface area contributed by atoms with Crippen LogP contribution in [0.3, 0.4) is 0 Å². The lowest BCUT2D eigenvalue weighted by molar-refractivity contribution is 0.0525. The minimum Gasteiger partial charge on any atom is -0.462 e. The average molecular weight is 393 g/mol. The first-order valence-corrected chi connectivity index (χ1v) is 9.22. The van der Waals surface area contributed by atoms with Crippen molar-refractivity contribution in [3.05, 3.63) is 77.5 Å². The standard InChI is InChI=1S/C21H17ClN4O2/c1-2-28-21(27)20-18(11-26-13-23-12-24-26)25-17-9-8-15(22)10-16(17)19(20)14-6-4-3-5-7-14/h3-10,12-13H,2,11H2,1H3. The largest absolute Gasteiger partial charge is 0.462 e. The van der Waals surface area contributed by atoms with E-state index in [-0.39, 0.29) is 6.61 Å². The quantitative estimate of drug-likeness (QED) is 0.471. The maximum absolute atomic E-state index is 13.0. The number of carbonyl (C=O) groups excluding carboxylic acids is 1. The molecule has 0 spiro atoms. The molecule has 0 aliphatic carbocycles. The van der Waals surface area contributed by atoms with Crippen molar-refractivity contribution in [2.24, 2.45) is 0 Å². The third-order valence-electron chi connectivity index (χ3n) is 4.34. The zero-order valence-corrected chi connectivity index (χ0v) is 15.9. The molecule has 0 fully saturated rings. The number of benzene rings is 2. The Morgan fingerprint density at radius 1 is 1.18 bits per heavy atom. The van der Waals surface area contributed by atoms with Gasteiger partial charge < -0.3 is 4.74 Å². The number of halogens is 1. The molecule has 0 radical (unpaired) electrons. The lowest BCUT2D eigenvalue weighted by Gasteiger charge is -2.17. The molecular formula is C21H17ClN4O2. The van der Waals surface area contributed by atoms with Crippen molar-refractivity contribution in [3.8, 4) is 11.1 Å². The Morgan fingerprint density at radius 3 is 2.71 bits per heavy atom. The second kappa shape index (κ2) is 7.78.